The van der Waals surface area contributed by atoms with Crippen LogP contribution in [0.3, 0.4) is 0 Å². The van der Waals surface area contributed by atoms with Gasteiger partial charge in [-0.15, -0.1) is 0 Å². The predicted octanol–water partition coefficient (Wildman–Crippen LogP) is 3.05. The number of carbonyl (C=O) groups excluding carboxylic acids is 2. The van der Waals surface area contributed by atoms with Gasteiger partial charge in [0.05, 0.1) is 29.6 Å². The fourth-order valence-electron chi connectivity index (χ4n) is 2.67. The van der Waals surface area contributed by atoms with Crippen LogP contribution in [0.4, 0.5) is 13.2 Å². The van der Waals surface area contributed by atoms with Gasteiger partial charge in [-0.25, -0.2) is 9.67 Å². The molecule has 0 aliphatic carbocycles. The molecule has 0 aliphatic rings. The Morgan fingerprint density at radius 2 is 1.79 bits per heavy atom. The summed E-state index contributed by atoms with van der Waals surface area (Å²) in [7, 11) is 0. The molecule has 0 radical (unpaired) electrons. The van der Waals surface area contributed by atoms with Gasteiger partial charge in [0.1, 0.15) is 0 Å². The molecule has 0 spiro atoms. The standard InChI is InChI=1S/C19H24F3N5O2/c1-11(2)16-13(17(29)24-10-15(28)26-18(3,4)5)9-25-27(16)14-7-6-12(8-23-14)19(20,21)22/h6-9,11H,10H2,1-5H3,(H,24,29)(H,26,28). The molecule has 0 saturated carbocycles. The zero-order valence-corrected chi connectivity index (χ0v) is 16.9. The molecule has 29 heavy (non-hydrogen) atoms. The Labute approximate surface area is 166 Å². The summed E-state index contributed by atoms with van der Waals surface area (Å²) < 4.78 is 39.6. The fourth-order valence-corrected chi connectivity index (χ4v) is 2.67. The van der Waals surface area contributed by atoms with E-state index in [-0.39, 0.29) is 29.8 Å². The number of rotatable bonds is 5. The van der Waals surface area contributed by atoms with E-state index in [0.29, 0.717) is 5.69 Å². The molecule has 2 heterocycles. The molecule has 2 rings (SSSR count). The molecule has 0 aliphatic heterocycles. The van der Waals surface area contributed by atoms with Crippen LogP contribution in [-0.4, -0.2) is 38.7 Å². The SMILES string of the molecule is CC(C)c1c(C(=O)NCC(=O)NC(C)(C)C)cnn1-c1ccc(C(F)(F)F)cn1. The van der Waals surface area contributed by atoms with Crippen LogP contribution in [0.15, 0.2) is 24.5 Å². The maximum atomic E-state index is 12.7. The van der Waals surface area contributed by atoms with Gasteiger partial charge in [0.2, 0.25) is 5.91 Å². The number of alkyl halides is 3. The van der Waals surface area contributed by atoms with E-state index >= 15 is 0 Å². The minimum absolute atomic E-state index is 0.159. The highest BCUT2D eigenvalue weighted by Gasteiger charge is 2.31. The number of hydrogen-bond acceptors (Lipinski definition) is 4. The number of hydrogen-bond donors (Lipinski definition) is 2. The van der Waals surface area contributed by atoms with Crippen LogP contribution in [0, 0.1) is 0 Å². The molecular formula is C19H24F3N5O2. The second-order valence-electron chi connectivity index (χ2n) is 7.89. The molecule has 2 aromatic rings. The molecule has 0 saturated heterocycles. The van der Waals surface area contributed by atoms with Gasteiger partial charge in [0.15, 0.2) is 5.82 Å². The average molecular weight is 411 g/mol. The summed E-state index contributed by atoms with van der Waals surface area (Å²) in [5.74, 6) is -0.860. The lowest BCUT2D eigenvalue weighted by Crippen LogP contribution is -2.45. The monoisotopic (exact) mass is 411 g/mol. The Hall–Kier alpha value is -2.91. The van der Waals surface area contributed by atoms with Crippen molar-refractivity contribution in [3.63, 3.8) is 0 Å². The van der Waals surface area contributed by atoms with Crippen molar-refractivity contribution in [2.75, 3.05) is 6.54 Å². The summed E-state index contributed by atoms with van der Waals surface area (Å²) in [6, 6.07) is 2.10. The maximum Gasteiger partial charge on any atom is 0.417 e. The number of carbonyl (C=O) groups is 2. The zero-order chi connectivity index (χ0) is 22.0. The minimum Gasteiger partial charge on any atom is -0.350 e. The van der Waals surface area contributed by atoms with Crippen LogP contribution in [0.2, 0.25) is 0 Å². The third kappa shape index (κ3) is 5.78. The Morgan fingerprint density at radius 1 is 1.14 bits per heavy atom. The molecule has 0 atom stereocenters. The zero-order valence-electron chi connectivity index (χ0n) is 16.9. The van der Waals surface area contributed by atoms with Crippen molar-refractivity contribution in [3.8, 4) is 5.82 Å². The van der Waals surface area contributed by atoms with Gasteiger partial charge in [-0.3, -0.25) is 9.59 Å². The summed E-state index contributed by atoms with van der Waals surface area (Å²) in [6.07, 6.45) is -2.46. The number of halogens is 3. The van der Waals surface area contributed by atoms with Crippen molar-refractivity contribution >= 4 is 11.8 Å². The number of nitrogens with zero attached hydrogens (tertiary/aromatic N) is 3. The van der Waals surface area contributed by atoms with Gasteiger partial charge in [0.25, 0.3) is 5.91 Å². The van der Waals surface area contributed by atoms with Gasteiger partial charge < -0.3 is 10.6 Å². The first-order valence-electron chi connectivity index (χ1n) is 9.00. The molecular weight excluding hydrogens is 387 g/mol. The van der Waals surface area contributed by atoms with E-state index in [1.165, 1.54) is 16.9 Å². The summed E-state index contributed by atoms with van der Waals surface area (Å²) in [5, 5.41) is 9.39. The molecule has 158 valence electrons. The number of pyridine rings is 1. The van der Waals surface area contributed by atoms with Crippen LogP contribution in [0.25, 0.3) is 5.82 Å². The number of nitrogens with one attached hydrogen (secondary N) is 2. The Balaban J connectivity index is 2.24. The van der Waals surface area contributed by atoms with Crippen LogP contribution in [0.1, 0.15) is 62.2 Å². The highest BCUT2D eigenvalue weighted by atomic mass is 19.4. The van der Waals surface area contributed by atoms with E-state index < -0.39 is 23.2 Å². The van der Waals surface area contributed by atoms with Gasteiger partial charge in [0, 0.05) is 11.7 Å². The quantitative estimate of drug-likeness (QED) is 0.792. The number of aromatic nitrogens is 3. The van der Waals surface area contributed by atoms with E-state index in [9.17, 15) is 22.8 Å². The van der Waals surface area contributed by atoms with Gasteiger partial charge in [-0.2, -0.15) is 18.3 Å². The molecule has 2 amide bonds. The second kappa shape index (κ2) is 8.22. The first-order valence-corrected chi connectivity index (χ1v) is 9.00. The third-order valence-corrected chi connectivity index (χ3v) is 3.81. The molecule has 0 unspecified atom stereocenters. The lowest BCUT2D eigenvalue weighted by atomic mass is 10.1. The van der Waals surface area contributed by atoms with Crippen LogP contribution in [0.5, 0.6) is 0 Å². The van der Waals surface area contributed by atoms with E-state index in [2.05, 4.69) is 20.7 Å². The molecule has 10 heteroatoms. The first kappa shape index (κ1) is 22.4. The second-order valence-corrected chi connectivity index (χ2v) is 7.89. The summed E-state index contributed by atoms with van der Waals surface area (Å²) in [4.78, 5) is 28.3. The van der Waals surface area contributed by atoms with Crippen LogP contribution < -0.4 is 10.6 Å². The Kier molecular flexibility index (Phi) is 6.34. The third-order valence-electron chi connectivity index (χ3n) is 3.81. The van der Waals surface area contributed by atoms with Crippen molar-refractivity contribution in [2.24, 2.45) is 0 Å². The molecule has 7 nitrogen and oxygen atoms in total. The highest BCUT2D eigenvalue weighted by Crippen LogP contribution is 2.29. The topological polar surface area (TPSA) is 88.9 Å². The smallest absolute Gasteiger partial charge is 0.350 e. The fraction of sp³-hybridized carbons (Fsp3) is 0.474. The normalized spacial score (nSPS) is 12.2. The van der Waals surface area contributed by atoms with E-state index in [1.54, 1.807) is 0 Å². The highest BCUT2D eigenvalue weighted by molar-refractivity contribution is 5.97. The molecule has 2 N–H and O–H groups in total. The minimum atomic E-state index is -4.49. The largest absolute Gasteiger partial charge is 0.417 e. The van der Waals surface area contributed by atoms with Crippen molar-refractivity contribution in [2.45, 2.75) is 52.3 Å². The lowest BCUT2D eigenvalue weighted by molar-refractivity contribution is -0.137. The van der Waals surface area contributed by atoms with E-state index in [4.69, 9.17) is 0 Å². The van der Waals surface area contributed by atoms with Gasteiger partial charge >= 0.3 is 6.18 Å². The van der Waals surface area contributed by atoms with Crippen molar-refractivity contribution in [3.05, 3.63) is 41.3 Å². The van der Waals surface area contributed by atoms with Crippen molar-refractivity contribution in [1.29, 1.82) is 0 Å². The van der Waals surface area contributed by atoms with Gasteiger partial charge in [-0.1, -0.05) is 13.8 Å². The first-order chi connectivity index (χ1) is 13.3. The average Bonchev–Trinajstić information content (AvgIpc) is 3.03. The van der Waals surface area contributed by atoms with Gasteiger partial charge in [-0.05, 0) is 38.8 Å². The molecule has 0 aromatic carbocycles. The van der Waals surface area contributed by atoms with E-state index in [0.717, 1.165) is 12.3 Å². The van der Waals surface area contributed by atoms with Crippen LogP contribution in [-0.2, 0) is 11.0 Å². The van der Waals surface area contributed by atoms with Crippen molar-refractivity contribution in [1.82, 2.24) is 25.4 Å². The molecule has 0 fully saturated rings. The summed E-state index contributed by atoms with van der Waals surface area (Å²) in [6.45, 7) is 8.90. The maximum absolute atomic E-state index is 12.7. The van der Waals surface area contributed by atoms with Crippen LogP contribution >= 0.6 is 0 Å². The predicted molar refractivity (Wildman–Crippen MR) is 101 cm³/mol. The summed E-state index contributed by atoms with van der Waals surface area (Å²) in [5.41, 5.74) is -0.595. The lowest BCUT2D eigenvalue weighted by Gasteiger charge is -2.20. The Bertz CT molecular complexity index is 881. The van der Waals surface area contributed by atoms with E-state index in [1.807, 2.05) is 34.6 Å². The summed E-state index contributed by atoms with van der Waals surface area (Å²) >= 11 is 0. The number of amides is 2. The molecule has 0 bridgehead atoms. The molecule has 2 aromatic heterocycles. The van der Waals surface area contributed by atoms with Crippen molar-refractivity contribution < 1.29 is 22.8 Å². The Morgan fingerprint density at radius 3 is 2.28 bits per heavy atom.